The van der Waals surface area contributed by atoms with Crippen LogP contribution in [-0.4, -0.2) is 24.7 Å². The lowest BCUT2D eigenvalue weighted by molar-refractivity contribution is 0.861. The van der Waals surface area contributed by atoms with E-state index in [0.717, 1.165) is 26.1 Å². The van der Waals surface area contributed by atoms with Gasteiger partial charge in [-0.2, -0.15) is 0 Å². The lowest BCUT2D eigenvalue weighted by Crippen LogP contribution is -2.12. The fraction of sp³-hybridized carbons (Fsp3) is 0.222. The molecule has 0 bridgehead atoms. The molecule has 4 aromatic rings. The van der Waals surface area contributed by atoms with Crippen molar-refractivity contribution in [1.29, 1.82) is 0 Å². The number of hydrogen-bond acceptors (Lipinski definition) is 6. The topological polar surface area (TPSA) is 76.5 Å². The van der Waals surface area contributed by atoms with Gasteiger partial charge in [0.1, 0.15) is 17.0 Å². The number of aryl methyl sites for hydroxylation is 2. The summed E-state index contributed by atoms with van der Waals surface area (Å²) in [7, 11) is 0. The van der Waals surface area contributed by atoms with Gasteiger partial charge >= 0.3 is 0 Å². The van der Waals surface area contributed by atoms with Crippen LogP contribution in [0.2, 0.25) is 0 Å². The second-order valence-electron chi connectivity index (χ2n) is 5.99. The van der Waals surface area contributed by atoms with Crippen LogP contribution in [0.25, 0.3) is 15.9 Å². The average Bonchev–Trinajstić information content (AvgIpc) is 3.20. The van der Waals surface area contributed by atoms with Gasteiger partial charge in [-0.15, -0.1) is 21.5 Å². The minimum absolute atomic E-state index is 0.0681. The monoisotopic (exact) mass is 383 g/mol. The van der Waals surface area contributed by atoms with Crippen LogP contribution in [0.3, 0.4) is 0 Å². The molecule has 1 aromatic carbocycles. The van der Waals surface area contributed by atoms with Crippen LogP contribution in [0.1, 0.15) is 28.4 Å². The van der Waals surface area contributed by atoms with E-state index in [4.69, 9.17) is 0 Å². The fourth-order valence-corrected chi connectivity index (χ4v) is 4.69. The predicted octanol–water partition coefficient (Wildman–Crippen LogP) is 4.04. The molecule has 4 rings (SSSR count). The molecule has 1 N–H and O–H groups in total. The van der Waals surface area contributed by atoms with Crippen LogP contribution in [0, 0.1) is 13.8 Å². The molecule has 1 atom stereocenters. The van der Waals surface area contributed by atoms with Crippen molar-refractivity contribution in [2.75, 3.05) is 0 Å². The summed E-state index contributed by atoms with van der Waals surface area (Å²) in [6.07, 6.45) is 1.69. The molecule has 0 aliphatic rings. The highest BCUT2D eigenvalue weighted by atomic mass is 32.2. The predicted molar refractivity (Wildman–Crippen MR) is 105 cm³/mol. The maximum atomic E-state index is 12.5. The normalized spacial score (nSPS) is 12.6. The van der Waals surface area contributed by atoms with Crippen LogP contribution in [0.5, 0.6) is 0 Å². The minimum Gasteiger partial charge on any atom is -0.309 e. The molecule has 6 nitrogen and oxygen atoms in total. The van der Waals surface area contributed by atoms with Gasteiger partial charge < -0.3 is 4.98 Å². The van der Waals surface area contributed by atoms with Gasteiger partial charge in [0.2, 0.25) is 0 Å². The molecule has 0 aliphatic heterocycles. The summed E-state index contributed by atoms with van der Waals surface area (Å²) >= 11 is 3.07. The lowest BCUT2D eigenvalue weighted by atomic mass is 10.2. The Morgan fingerprint density at radius 3 is 2.77 bits per heavy atom. The Labute approximate surface area is 158 Å². The van der Waals surface area contributed by atoms with Crippen LogP contribution in [0.15, 0.2) is 46.6 Å². The van der Waals surface area contributed by atoms with Crippen molar-refractivity contribution < 1.29 is 0 Å². The Morgan fingerprint density at radius 2 is 2.00 bits per heavy atom. The first-order valence-electron chi connectivity index (χ1n) is 8.16. The van der Waals surface area contributed by atoms with Crippen molar-refractivity contribution in [1.82, 2.24) is 24.7 Å². The summed E-state index contributed by atoms with van der Waals surface area (Å²) in [5.74, 6) is 0.649. The summed E-state index contributed by atoms with van der Waals surface area (Å²) in [6.45, 7) is 5.98. The van der Waals surface area contributed by atoms with Crippen LogP contribution in [-0.2, 0) is 0 Å². The first-order chi connectivity index (χ1) is 12.5. The van der Waals surface area contributed by atoms with E-state index < -0.39 is 0 Å². The number of benzene rings is 1. The maximum Gasteiger partial charge on any atom is 0.259 e. The molecular weight excluding hydrogens is 366 g/mol. The zero-order chi connectivity index (χ0) is 18.3. The van der Waals surface area contributed by atoms with Gasteiger partial charge in [0.05, 0.1) is 10.6 Å². The molecular formula is C18H17N5OS2. The fourth-order valence-electron chi connectivity index (χ4n) is 2.75. The minimum atomic E-state index is -0.0798. The highest BCUT2D eigenvalue weighted by Gasteiger charge is 2.18. The maximum absolute atomic E-state index is 12.5. The summed E-state index contributed by atoms with van der Waals surface area (Å²) < 4.78 is 1.93. The van der Waals surface area contributed by atoms with Gasteiger partial charge in [0, 0.05) is 10.6 Å². The number of hydrogen-bond donors (Lipinski definition) is 1. The number of H-pyrrole nitrogens is 1. The number of rotatable bonds is 4. The van der Waals surface area contributed by atoms with E-state index >= 15 is 0 Å². The van der Waals surface area contributed by atoms with Crippen molar-refractivity contribution in [3.63, 3.8) is 0 Å². The van der Waals surface area contributed by atoms with E-state index in [-0.39, 0.29) is 10.8 Å². The third-order valence-electron chi connectivity index (χ3n) is 4.28. The molecule has 8 heteroatoms. The Balaban J connectivity index is 1.68. The summed E-state index contributed by atoms with van der Waals surface area (Å²) in [4.78, 5) is 22.0. The first kappa shape index (κ1) is 17.0. The van der Waals surface area contributed by atoms with Gasteiger partial charge in [-0.3, -0.25) is 9.36 Å². The van der Waals surface area contributed by atoms with E-state index in [2.05, 4.69) is 20.2 Å². The van der Waals surface area contributed by atoms with E-state index in [1.165, 1.54) is 11.8 Å². The molecule has 0 fully saturated rings. The number of nitrogens with zero attached hydrogens (tertiary/aromatic N) is 4. The van der Waals surface area contributed by atoms with Gasteiger partial charge in [0.25, 0.3) is 5.56 Å². The summed E-state index contributed by atoms with van der Waals surface area (Å²) in [6, 6.07) is 9.92. The molecule has 0 aliphatic carbocycles. The Hall–Kier alpha value is -2.45. The van der Waals surface area contributed by atoms with Crippen LogP contribution in [0.4, 0.5) is 0 Å². The quantitative estimate of drug-likeness (QED) is 0.538. The number of aromatic nitrogens is 5. The van der Waals surface area contributed by atoms with E-state index in [1.807, 2.05) is 55.7 Å². The van der Waals surface area contributed by atoms with Crippen molar-refractivity contribution in [2.24, 2.45) is 0 Å². The zero-order valence-corrected chi connectivity index (χ0v) is 16.2. The SMILES string of the molecule is Cc1sc2nc([C@@H](C)Sc3nncn3-c3ccccc3)[nH]c(=O)c2c1C. The molecule has 0 amide bonds. The van der Waals surface area contributed by atoms with Gasteiger partial charge in [-0.25, -0.2) is 4.98 Å². The number of thioether (sulfide) groups is 1. The Kier molecular flexibility index (Phi) is 4.37. The van der Waals surface area contributed by atoms with Crippen molar-refractivity contribution in [3.8, 4) is 5.69 Å². The molecule has 0 spiro atoms. The highest BCUT2D eigenvalue weighted by Crippen LogP contribution is 2.34. The number of thiophene rings is 1. The standard InChI is InChI=1S/C18H17N5OS2/c1-10-11(2)25-17-14(10)16(24)20-15(21-17)12(3)26-18-22-19-9-23(18)13-7-5-4-6-8-13/h4-9,12H,1-3H3,(H,20,21,24)/t12-/m1/s1. The van der Waals surface area contributed by atoms with E-state index in [9.17, 15) is 4.79 Å². The van der Waals surface area contributed by atoms with Crippen molar-refractivity contribution in [3.05, 3.63) is 63.3 Å². The molecule has 0 saturated carbocycles. The van der Waals surface area contributed by atoms with E-state index in [0.29, 0.717) is 11.2 Å². The number of para-hydroxylation sites is 1. The molecule has 0 saturated heterocycles. The van der Waals surface area contributed by atoms with Crippen LogP contribution >= 0.6 is 23.1 Å². The highest BCUT2D eigenvalue weighted by molar-refractivity contribution is 7.99. The van der Waals surface area contributed by atoms with Gasteiger partial charge in [0.15, 0.2) is 5.16 Å². The van der Waals surface area contributed by atoms with Crippen LogP contribution < -0.4 is 5.56 Å². The van der Waals surface area contributed by atoms with Gasteiger partial charge in [-0.05, 0) is 38.5 Å². The summed E-state index contributed by atoms with van der Waals surface area (Å²) in [5.41, 5.74) is 1.92. The van der Waals surface area contributed by atoms with E-state index in [1.54, 1.807) is 17.7 Å². The Bertz CT molecular complexity index is 1130. The third kappa shape index (κ3) is 2.95. The third-order valence-corrected chi connectivity index (χ3v) is 6.44. The lowest BCUT2D eigenvalue weighted by Gasteiger charge is -2.11. The molecule has 3 heterocycles. The first-order valence-corrected chi connectivity index (χ1v) is 9.86. The molecule has 3 aromatic heterocycles. The smallest absolute Gasteiger partial charge is 0.259 e. The average molecular weight is 384 g/mol. The summed E-state index contributed by atoms with van der Waals surface area (Å²) in [5, 5.41) is 9.63. The molecule has 0 unspecified atom stereocenters. The Morgan fingerprint density at radius 1 is 1.23 bits per heavy atom. The number of aromatic amines is 1. The molecule has 26 heavy (non-hydrogen) atoms. The van der Waals surface area contributed by atoms with Gasteiger partial charge in [-0.1, -0.05) is 30.0 Å². The number of fused-ring (bicyclic) bond motifs is 1. The largest absolute Gasteiger partial charge is 0.309 e. The second-order valence-corrected chi connectivity index (χ2v) is 8.50. The number of nitrogens with one attached hydrogen (secondary N) is 1. The zero-order valence-electron chi connectivity index (χ0n) is 14.6. The van der Waals surface area contributed by atoms with Crippen molar-refractivity contribution in [2.45, 2.75) is 31.2 Å². The second kappa shape index (κ2) is 6.69. The molecule has 132 valence electrons. The molecule has 0 radical (unpaired) electrons. The van der Waals surface area contributed by atoms with Crippen molar-refractivity contribution >= 4 is 33.3 Å².